The molecule has 2 nitrogen and oxygen atoms in total. The van der Waals surface area contributed by atoms with E-state index >= 15 is 0 Å². The molecule has 0 saturated heterocycles. The Morgan fingerprint density at radius 3 is 1.92 bits per heavy atom. The Bertz CT molecular complexity index is 795. The van der Waals surface area contributed by atoms with E-state index in [0.717, 1.165) is 42.8 Å². The van der Waals surface area contributed by atoms with Gasteiger partial charge < -0.3 is 0 Å². The molecule has 2 heteroatoms. The lowest BCUT2D eigenvalue weighted by Gasteiger charge is -2.15. The van der Waals surface area contributed by atoms with Crippen LogP contribution in [0.5, 0.6) is 0 Å². The SMILES string of the molecule is CCCCc1nc(-c2ccccc2)nc(-c2ccccc2)c1CCC. The number of aryl methyl sites for hydroxylation is 1. The Balaban J connectivity index is 2.18. The van der Waals surface area contributed by atoms with Gasteiger partial charge in [-0.3, -0.25) is 0 Å². The number of hydrogen-bond acceptors (Lipinski definition) is 2. The molecule has 0 bridgehead atoms. The maximum atomic E-state index is 4.99. The second-order valence-corrected chi connectivity index (χ2v) is 6.41. The van der Waals surface area contributed by atoms with E-state index in [0.29, 0.717) is 0 Å². The van der Waals surface area contributed by atoms with Crippen LogP contribution in [0.15, 0.2) is 60.7 Å². The van der Waals surface area contributed by atoms with Crippen LogP contribution in [-0.2, 0) is 12.8 Å². The highest BCUT2D eigenvalue weighted by molar-refractivity contribution is 5.67. The molecule has 0 saturated carbocycles. The molecule has 25 heavy (non-hydrogen) atoms. The van der Waals surface area contributed by atoms with Gasteiger partial charge in [-0.2, -0.15) is 0 Å². The standard InChI is InChI=1S/C23H26N2/c1-3-5-17-21-20(12-4-2)22(18-13-8-6-9-14-18)25-23(24-21)19-15-10-7-11-16-19/h6-11,13-16H,3-5,12,17H2,1-2H3. The van der Waals surface area contributed by atoms with Gasteiger partial charge in [-0.15, -0.1) is 0 Å². The molecule has 0 radical (unpaired) electrons. The first-order valence-electron chi connectivity index (χ1n) is 9.34. The minimum Gasteiger partial charge on any atom is -0.233 e. The summed E-state index contributed by atoms with van der Waals surface area (Å²) in [7, 11) is 0. The molecular formula is C23H26N2. The molecule has 0 atom stereocenters. The van der Waals surface area contributed by atoms with E-state index in [-0.39, 0.29) is 0 Å². The minimum absolute atomic E-state index is 0.838. The lowest BCUT2D eigenvalue weighted by Crippen LogP contribution is -2.06. The summed E-state index contributed by atoms with van der Waals surface area (Å²) in [6.07, 6.45) is 5.49. The summed E-state index contributed by atoms with van der Waals surface area (Å²) in [6, 6.07) is 20.8. The summed E-state index contributed by atoms with van der Waals surface area (Å²) in [5, 5.41) is 0. The molecule has 3 rings (SSSR count). The van der Waals surface area contributed by atoms with Crippen LogP contribution < -0.4 is 0 Å². The smallest absolute Gasteiger partial charge is 0.160 e. The second-order valence-electron chi connectivity index (χ2n) is 6.41. The summed E-state index contributed by atoms with van der Waals surface area (Å²) in [6.45, 7) is 4.46. The summed E-state index contributed by atoms with van der Waals surface area (Å²) >= 11 is 0. The maximum absolute atomic E-state index is 4.99. The minimum atomic E-state index is 0.838. The van der Waals surface area contributed by atoms with Gasteiger partial charge in [0, 0.05) is 22.4 Å². The van der Waals surface area contributed by atoms with Crippen molar-refractivity contribution in [1.29, 1.82) is 0 Å². The van der Waals surface area contributed by atoms with E-state index in [1.807, 2.05) is 18.2 Å². The third-order valence-electron chi connectivity index (χ3n) is 4.44. The molecule has 3 aromatic rings. The van der Waals surface area contributed by atoms with Gasteiger partial charge in [-0.1, -0.05) is 87.4 Å². The first-order chi connectivity index (χ1) is 12.3. The van der Waals surface area contributed by atoms with Gasteiger partial charge in [0.25, 0.3) is 0 Å². The predicted octanol–water partition coefficient (Wildman–Crippen LogP) is 6.11. The van der Waals surface area contributed by atoms with Crippen LogP contribution in [0, 0.1) is 0 Å². The predicted molar refractivity (Wildman–Crippen MR) is 106 cm³/mol. The van der Waals surface area contributed by atoms with Gasteiger partial charge >= 0.3 is 0 Å². The van der Waals surface area contributed by atoms with Gasteiger partial charge in [0.1, 0.15) is 0 Å². The van der Waals surface area contributed by atoms with E-state index in [1.54, 1.807) is 0 Å². The van der Waals surface area contributed by atoms with E-state index < -0.39 is 0 Å². The Labute approximate surface area is 151 Å². The zero-order valence-electron chi connectivity index (χ0n) is 15.2. The summed E-state index contributed by atoms with van der Waals surface area (Å²) in [4.78, 5) is 9.96. The van der Waals surface area contributed by atoms with Crippen LogP contribution in [0.2, 0.25) is 0 Å². The zero-order valence-corrected chi connectivity index (χ0v) is 15.2. The molecule has 0 fully saturated rings. The monoisotopic (exact) mass is 330 g/mol. The first-order valence-corrected chi connectivity index (χ1v) is 9.34. The Hall–Kier alpha value is -2.48. The molecule has 1 aromatic heterocycles. The Kier molecular flexibility index (Phi) is 5.95. The van der Waals surface area contributed by atoms with Gasteiger partial charge in [0.15, 0.2) is 5.82 Å². The molecule has 2 aromatic carbocycles. The summed E-state index contributed by atoms with van der Waals surface area (Å²) in [5.74, 6) is 0.838. The second kappa shape index (κ2) is 8.57. The summed E-state index contributed by atoms with van der Waals surface area (Å²) in [5.41, 5.74) is 5.91. The molecular weight excluding hydrogens is 304 g/mol. The first kappa shape index (κ1) is 17.3. The lowest BCUT2D eigenvalue weighted by atomic mass is 9.97. The highest BCUT2D eigenvalue weighted by atomic mass is 14.9. The van der Waals surface area contributed by atoms with E-state index in [4.69, 9.17) is 9.97 Å². The van der Waals surface area contributed by atoms with Crippen LogP contribution in [0.25, 0.3) is 22.6 Å². The molecule has 1 heterocycles. The molecule has 128 valence electrons. The Morgan fingerprint density at radius 1 is 0.680 bits per heavy atom. The fourth-order valence-corrected chi connectivity index (χ4v) is 3.15. The van der Waals surface area contributed by atoms with Crippen molar-refractivity contribution >= 4 is 0 Å². The van der Waals surface area contributed by atoms with Crippen molar-refractivity contribution in [3.63, 3.8) is 0 Å². The fraction of sp³-hybridized carbons (Fsp3) is 0.304. The quantitative estimate of drug-likeness (QED) is 0.522. The van der Waals surface area contributed by atoms with Crippen molar-refractivity contribution < 1.29 is 0 Å². The third kappa shape index (κ3) is 4.14. The normalized spacial score (nSPS) is 10.8. The molecule has 0 aliphatic heterocycles. The average molecular weight is 330 g/mol. The number of hydrogen-bond donors (Lipinski definition) is 0. The van der Waals surface area contributed by atoms with Crippen molar-refractivity contribution in [2.24, 2.45) is 0 Å². The highest BCUT2D eigenvalue weighted by Gasteiger charge is 2.16. The van der Waals surface area contributed by atoms with Crippen molar-refractivity contribution in [2.75, 3.05) is 0 Å². The van der Waals surface area contributed by atoms with Crippen molar-refractivity contribution in [3.05, 3.63) is 71.9 Å². The molecule has 0 unspecified atom stereocenters. The van der Waals surface area contributed by atoms with Gasteiger partial charge in [-0.25, -0.2) is 9.97 Å². The highest BCUT2D eigenvalue weighted by Crippen LogP contribution is 2.29. The number of aromatic nitrogens is 2. The maximum Gasteiger partial charge on any atom is 0.160 e. The van der Waals surface area contributed by atoms with Gasteiger partial charge in [-0.05, 0) is 19.3 Å². The van der Waals surface area contributed by atoms with Crippen LogP contribution in [-0.4, -0.2) is 9.97 Å². The number of rotatable bonds is 7. The number of unbranched alkanes of at least 4 members (excludes halogenated alkanes) is 1. The van der Waals surface area contributed by atoms with E-state index in [1.165, 1.54) is 23.2 Å². The number of benzene rings is 2. The average Bonchev–Trinajstić information content (AvgIpc) is 2.68. The molecule has 0 aliphatic carbocycles. The molecule has 0 amide bonds. The van der Waals surface area contributed by atoms with Gasteiger partial charge in [0.2, 0.25) is 0 Å². The third-order valence-corrected chi connectivity index (χ3v) is 4.44. The van der Waals surface area contributed by atoms with E-state index in [2.05, 4.69) is 56.3 Å². The van der Waals surface area contributed by atoms with Crippen LogP contribution >= 0.6 is 0 Å². The molecule has 0 spiro atoms. The fourth-order valence-electron chi connectivity index (χ4n) is 3.15. The van der Waals surface area contributed by atoms with Crippen molar-refractivity contribution in [2.45, 2.75) is 46.0 Å². The van der Waals surface area contributed by atoms with Gasteiger partial charge in [0.05, 0.1) is 5.69 Å². The molecule has 0 N–H and O–H groups in total. The number of nitrogens with zero attached hydrogens (tertiary/aromatic N) is 2. The summed E-state index contributed by atoms with van der Waals surface area (Å²) < 4.78 is 0. The van der Waals surface area contributed by atoms with E-state index in [9.17, 15) is 0 Å². The van der Waals surface area contributed by atoms with Crippen LogP contribution in [0.3, 0.4) is 0 Å². The van der Waals surface area contributed by atoms with Crippen molar-refractivity contribution in [3.8, 4) is 22.6 Å². The topological polar surface area (TPSA) is 25.8 Å². The molecule has 0 aliphatic rings. The largest absolute Gasteiger partial charge is 0.233 e. The van der Waals surface area contributed by atoms with Crippen molar-refractivity contribution in [1.82, 2.24) is 9.97 Å². The van der Waals surface area contributed by atoms with Crippen LogP contribution in [0.1, 0.15) is 44.4 Å². The Morgan fingerprint density at radius 2 is 1.32 bits per heavy atom. The zero-order chi connectivity index (χ0) is 17.5. The lowest BCUT2D eigenvalue weighted by molar-refractivity contribution is 0.755. The van der Waals surface area contributed by atoms with Crippen LogP contribution in [0.4, 0.5) is 0 Å².